The van der Waals surface area contributed by atoms with Crippen LogP contribution in [0.3, 0.4) is 0 Å². The van der Waals surface area contributed by atoms with E-state index in [1.54, 1.807) is 0 Å². The van der Waals surface area contributed by atoms with Crippen LogP contribution in [0.5, 0.6) is 0 Å². The Kier molecular flexibility index (Phi) is 1.73. The first-order valence-corrected chi connectivity index (χ1v) is 5.00. The standard InChI is InChI=1S/C10H18FN/c1-8(2)10(11)6-9(12-7-10)4-3-5-9/h8,12H,3-7H2,1-2H3. The average molecular weight is 171 g/mol. The topological polar surface area (TPSA) is 12.0 Å². The Morgan fingerprint density at radius 1 is 1.33 bits per heavy atom. The van der Waals surface area contributed by atoms with Gasteiger partial charge in [0.05, 0.1) is 0 Å². The second kappa shape index (κ2) is 2.44. The Morgan fingerprint density at radius 3 is 2.25 bits per heavy atom. The largest absolute Gasteiger partial charge is 0.308 e. The Hall–Kier alpha value is -0.110. The van der Waals surface area contributed by atoms with Crippen LogP contribution >= 0.6 is 0 Å². The molecule has 70 valence electrons. The van der Waals surface area contributed by atoms with Crippen molar-refractivity contribution in [2.45, 2.75) is 50.7 Å². The van der Waals surface area contributed by atoms with Gasteiger partial charge in [0.25, 0.3) is 0 Å². The summed E-state index contributed by atoms with van der Waals surface area (Å²) in [6, 6.07) is 0. The summed E-state index contributed by atoms with van der Waals surface area (Å²) in [5.74, 6) is 0.157. The third-order valence-corrected chi connectivity index (χ3v) is 3.73. The summed E-state index contributed by atoms with van der Waals surface area (Å²) in [7, 11) is 0. The molecule has 1 heterocycles. The Bertz CT molecular complexity index is 186. The highest BCUT2D eigenvalue weighted by atomic mass is 19.1. The van der Waals surface area contributed by atoms with E-state index < -0.39 is 5.67 Å². The van der Waals surface area contributed by atoms with E-state index >= 15 is 0 Å². The van der Waals surface area contributed by atoms with E-state index in [1.165, 1.54) is 19.3 Å². The van der Waals surface area contributed by atoms with E-state index in [0.717, 1.165) is 6.42 Å². The van der Waals surface area contributed by atoms with Crippen molar-refractivity contribution in [3.05, 3.63) is 0 Å². The fraction of sp³-hybridized carbons (Fsp3) is 1.00. The van der Waals surface area contributed by atoms with Crippen LogP contribution in [0.15, 0.2) is 0 Å². The maximum absolute atomic E-state index is 14.1. The third kappa shape index (κ3) is 1.08. The lowest BCUT2D eigenvalue weighted by Crippen LogP contribution is -2.45. The molecule has 0 amide bonds. The molecule has 1 N–H and O–H groups in total. The van der Waals surface area contributed by atoms with Gasteiger partial charge in [0.2, 0.25) is 0 Å². The second-order valence-electron chi connectivity index (χ2n) is 4.85. The normalized spacial score (nSPS) is 39.0. The van der Waals surface area contributed by atoms with Crippen molar-refractivity contribution in [1.29, 1.82) is 0 Å². The molecular weight excluding hydrogens is 153 g/mol. The Morgan fingerprint density at radius 2 is 2.00 bits per heavy atom. The number of hydrogen-bond donors (Lipinski definition) is 1. The number of halogens is 1. The van der Waals surface area contributed by atoms with Crippen molar-refractivity contribution in [3.8, 4) is 0 Å². The van der Waals surface area contributed by atoms with Gasteiger partial charge in [-0.15, -0.1) is 0 Å². The molecular formula is C10H18FN. The molecule has 0 bridgehead atoms. The highest BCUT2D eigenvalue weighted by Crippen LogP contribution is 2.46. The first kappa shape index (κ1) is 8.49. The first-order valence-electron chi connectivity index (χ1n) is 5.00. The van der Waals surface area contributed by atoms with E-state index in [4.69, 9.17) is 0 Å². The molecule has 1 saturated heterocycles. The Balaban J connectivity index is 2.05. The van der Waals surface area contributed by atoms with Crippen LogP contribution in [-0.2, 0) is 0 Å². The molecule has 0 aromatic carbocycles. The van der Waals surface area contributed by atoms with Crippen LogP contribution in [0.2, 0.25) is 0 Å². The monoisotopic (exact) mass is 171 g/mol. The van der Waals surface area contributed by atoms with Gasteiger partial charge in [0, 0.05) is 18.5 Å². The molecule has 1 atom stereocenters. The van der Waals surface area contributed by atoms with E-state index in [1.807, 2.05) is 13.8 Å². The van der Waals surface area contributed by atoms with Crippen molar-refractivity contribution in [3.63, 3.8) is 0 Å². The van der Waals surface area contributed by atoms with Gasteiger partial charge in [-0.05, 0) is 25.2 Å². The summed E-state index contributed by atoms with van der Waals surface area (Å²) in [5, 5.41) is 3.37. The number of rotatable bonds is 1. The Labute approximate surface area is 73.7 Å². The summed E-state index contributed by atoms with van der Waals surface area (Å²) in [6.45, 7) is 4.55. The molecule has 1 spiro atoms. The van der Waals surface area contributed by atoms with Gasteiger partial charge in [-0.3, -0.25) is 0 Å². The number of alkyl halides is 1. The predicted octanol–water partition coefficient (Wildman–Crippen LogP) is 2.27. The van der Waals surface area contributed by atoms with Crippen LogP contribution in [0.1, 0.15) is 39.5 Å². The molecule has 2 heteroatoms. The van der Waals surface area contributed by atoms with Crippen LogP contribution < -0.4 is 5.32 Å². The molecule has 2 aliphatic rings. The fourth-order valence-electron chi connectivity index (χ4n) is 2.39. The lowest BCUT2D eigenvalue weighted by molar-refractivity contribution is 0.0984. The second-order valence-corrected chi connectivity index (χ2v) is 4.85. The first-order chi connectivity index (χ1) is 5.56. The van der Waals surface area contributed by atoms with Crippen molar-refractivity contribution in [2.24, 2.45) is 5.92 Å². The predicted molar refractivity (Wildman–Crippen MR) is 47.9 cm³/mol. The highest BCUT2D eigenvalue weighted by Gasteiger charge is 2.52. The van der Waals surface area contributed by atoms with Gasteiger partial charge in [-0.1, -0.05) is 13.8 Å². The van der Waals surface area contributed by atoms with Gasteiger partial charge in [-0.2, -0.15) is 0 Å². The maximum Gasteiger partial charge on any atom is 0.127 e. The van der Waals surface area contributed by atoms with Crippen molar-refractivity contribution < 1.29 is 4.39 Å². The zero-order chi connectivity index (χ0) is 8.82. The fourth-order valence-corrected chi connectivity index (χ4v) is 2.39. The molecule has 0 radical (unpaired) electrons. The van der Waals surface area contributed by atoms with E-state index in [-0.39, 0.29) is 11.5 Å². The minimum absolute atomic E-state index is 0.157. The van der Waals surface area contributed by atoms with Gasteiger partial charge in [0.1, 0.15) is 5.67 Å². The van der Waals surface area contributed by atoms with Crippen LogP contribution in [0, 0.1) is 5.92 Å². The van der Waals surface area contributed by atoms with Gasteiger partial charge < -0.3 is 5.32 Å². The summed E-state index contributed by atoms with van der Waals surface area (Å²) in [4.78, 5) is 0. The van der Waals surface area contributed by atoms with Crippen molar-refractivity contribution >= 4 is 0 Å². The number of hydrogen-bond acceptors (Lipinski definition) is 1. The quantitative estimate of drug-likeness (QED) is 0.638. The zero-order valence-electron chi connectivity index (χ0n) is 7.99. The molecule has 2 rings (SSSR count). The highest BCUT2D eigenvalue weighted by molar-refractivity contribution is 5.09. The third-order valence-electron chi connectivity index (χ3n) is 3.73. The molecule has 0 aromatic rings. The SMILES string of the molecule is CC(C)C1(F)CNC2(CCC2)C1. The lowest BCUT2D eigenvalue weighted by Gasteiger charge is -2.39. The summed E-state index contributed by atoms with van der Waals surface area (Å²) < 4.78 is 14.1. The van der Waals surface area contributed by atoms with Gasteiger partial charge >= 0.3 is 0 Å². The lowest BCUT2D eigenvalue weighted by atomic mass is 9.72. The maximum atomic E-state index is 14.1. The smallest absolute Gasteiger partial charge is 0.127 e. The summed E-state index contributed by atoms with van der Waals surface area (Å²) >= 11 is 0. The van der Waals surface area contributed by atoms with Gasteiger partial charge in [0.15, 0.2) is 0 Å². The molecule has 1 nitrogen and oxygen atoms in total. The molecule has 0 aromatic heterocycles. The van der Waals surface area contributed by atoms with Crippen LogP contribution in [-0.4, -0.2) is 17.8 Å². The minimum atomic E-state index is -0.930. The van der Waals surface area contributed by atoms with Crippen molar-refractivity contribution in [1.82, 2.24) is 5.32 Å². The summed E-state index contributed by atoms with van der Waals surface area (Å²) in [6.07, 6.45) is 4.40. The molecule has 12 heavy (non-hydrogen) atoms. The molecule has 1 aliphatic carbocycles. The van der Waals surface area contributed by atoms with Crippen LogP contribution in [0.4, 0.5) is 4.39 Å². The molecule has 1 aliphatic heterocycles. The number of nitrogens with one attached hydrogen (secondary N) is 1. The zero-order valence-corrected chi connectivity index (χ0v) is 7.99. The van der Waals surface area contributed by atoms with E-state index in [0.29, 0.717) is 6.54 Å². The minimum Gasteiger partial charge on any atom is -0.308 e. The van der Waals surface area contributed by atoms with E-state index in [2.05, 4.69) is 5.32 Å². The molecule has 1 unspecified atom stereocenters. The molecule has 2 fully saturated rings. The van der Waals surface area contributed by atoms with Crippen molar-refractivity contribution in [2.75, 3.05) is 6.54 Å². The average Bonchev–Trinajstić information content (AvgIpc) is 2.28. The van der Waals surface area contributed by atoms with Crippen LogP contribution in [0.25, 0.3) is 0 Å². The summed E-state index contributed by atoms with van der Waals surface area (Å²) in [5.41, 5.74) is -0.723. The van der Waals surface area contributed by atoms with Gasteiger partial charge in [-0.25, -0.2) is 4.39 Å². The van der Waals surface area contributed by atoms with E-state index in [9.17, 15) is 4.39 Å². The molecule has 1 saturated carbocycles.